The van der Waals surface area contributed by atoms with Crippen molar-refractivity contribution in [3.8, 4) is 5.75 Å². The molecule has 1 aromatic rings. The van der Waals surface area contributed by atoms with Gasteiger partial charge in [0, 0.05) is 0 Å². The molecule has 0 saturated heterocycles. The molecule has 0 aliphatic rings. The fraction of sp³-hybridized carbons (Fsp3) is 0.667. The number of benzene rings is 1. The minimum Gasteiger partial charge on any atom is -0.493 e. The summed E-state index contributed by atoms with van der Waals surface area (Å²) < 4.78 is 5.92. The fourth-order valence-electron chi connectivity index (χ4n) is 2.67. The minimum atomic E-state index is -0.690. The second kappa shape index (κ2) is 8.40. The summed E-state index contributed by atoms with van der Waals surface area (Å²) in [6.07, 6.45) is 0.738. The largest absolute Gasteiger partial charge is 0.493 e. The van der Waals surface area contributed by atoms with E-state index in [1.165, 1.54) is 5.56 Å². The Morgan fingerprint density at radius 3 is 2.33 bits per heavy atom. The summed E-state index contributed by atoms with van der Waals surface area (Å²) in [4.78, 5) is 0. The molecule has 21 heavy (non-hydrogen) atoms. The van der Waals surface area contributed by atoms with Gasteiger partial charge in [-0.1, -0.05) is 38.5 Å². The van der Waals surface area contributed by atoms with Crippen LogP contribution in [0.3, 0.4) is 0 Å². The van der Waals surface area contributed by atoms with E-state index in [1.807, 2.05) is 6.92 Å². The number of aryl methyl sites for hydroxylation is 2. The van der Waals surface area contributed by atoms with E-state index in [0.717, 1.165) is 23.3 Å². The first-order chi connectivity index (χ1) is 9.90. The monoisotopic (exact) mass is 294 g/mol. The summed E-state index contributed by atoms with van der Waals surface area (Å²) in [5.41, 5.74) is 3.46. The molecular weight excluding hydrogens is 264 g/mol. The van der Waals surface area contributed by atoms with Gasteiger partial charge in [0.05, 0.1) is 18.8 Å². The Labute approximate surface area is 129 Å². The molecule has 3 unspecified atom stereocenters. The first-order valence-electron chi connectivity index (χ1n) is 8.00. The van der Waals surface area contributed by atoms with E-state index in [2.05, 4.69) is 39.8 Å². The van der Waals surface area contributed by atoms with Gasteiger partial charge < -0.3 is 14.9 Å². The molecule has 1 rings (SSSR count). The zero-order chi connectivity index (χ0) is 16.0. The van der Waals surface area contributed by atoms with E-state index in [1.54, 1.807) is 0 Å². The fourth-order valence-corrected chi connectivity index (χ4v) is 2.67. The van der Waals surface area contributed by atoms with Crippen molar-refractivity contribution in [1.29, 1.82) is 0 Å². The highest BCUT2D eigenvalue weighted by atomic mass is 16.5. The molecule has 0 aliphatic heterocycles. The molecule has 0 aliphatic carbocycles. The van der Waals surface area contributed by atoms with Gasteiger partial charge in [-0.05, 0) is 50.2 Å². The zero-order valence-corrected chi connectivity index (χ0v) is 14.0. The number of hydrogen-bond donors (Lipinski definition) is 2. The molecule has 0 aromatic heterocycles. The van der Waals surface area contributed by atoms with Crippen LogP contribution in [0.15, 0.2) is 12.1 Å². The maximum absolute atomic E-state index is 10.1. The van der Waals surface area contributed by atoms with Gasteiger partial charge in [0.1, 0.15) is 5.75 Å². The molecule has 0 radical (unpaired) electrons. The van der Waals surface area contributed by atoms with E-state index in [-0.39, 0.29) is 5.92 Å². The van der Waals surface area contributed by atoms with Gasteiger partial charge >= 0.3 is 0 Å². The van der Waals surface area contributed by atoms with Crippen molar-refractivity contribution < 1.29 is 14.9 Å². The van der Waals surface area contributed by atoms with Gasteiger partial charge in [-0.3, -0.25) is 0 Å². The first kappa shape index (κ1) is 18.0. The highest BCUT2D eigenvalue weighted by Gasteiger charge is 2.21. The minimum absolute atomic E-state index is 0.145. The lowest BCUT2D eigenvalue weighted by Crippen LogP contribution is -2.26. The maximum atomic E-state index is 10.1. The average molecular weight is 294 g/mol. The van der Waals surface area contributed by atoms with Crippen LogP contribution in [0.2, 0.25) is 0 Å². The summed E-state index contributed by atoms with van der Waals surface area (Å²) in [5.74, 6) is 1.08. The molecule has 0 saturated carbocycles. The molecule has 0 amide bonds. The second-order valence-corrected chi connectivity index (χ2v) is 6.03. The Morgan fingerprint density at radius 1 is 1.10 bits per heavy atom. The number of hydrogen-bond acceptors (Lipinski definition) is 3. The van der Waals surface area contributed by atoms with Crippen LogP contribution in [0.4, 0.5) is 0 Å². The van der Waals surface area contributed by atoms with Gasteiger partial charge in [-0.2, -0.15) is 0 Å². The van der Waals surface area contributed by atoms with Crippen LogP contribution in [-0.2, 0) is 0 Å². The summed E-state index contributed by atoms with van der Waals surface area (Å²) in [6.45, 7) is 10.9. The van der Waals surface area contributed by atoms with E-state index >= 15 is 0 Å². The van der Waals surface area contributed by atoms with Crippen LogP contribution in [-0.4, -0.2) is 29.0 Å². The summed E-state index contributed by atoms with van der Waals surface area (Å²) >= 11 is 0. The van der Waals surface area contributed by atoms with Crippen LogP contribution in [0.5, 0.6) is 5.75 Å². The lowest BCUT2D eigenvalue weighted by atomic mass is 9.89. The molecule has 0 heterocycles. The Morgan fingerprint density at radius 2 is 1.76 bits per heavy atom. The van der Waals surface area contributed by atoms with Crippen LogP contribution < -0.4 is 4.74 Å². The quantitative estimate of drug-likeness (QED) is 0.768. The molecule has 2 N–H and O–H groups in total. The van der Waals surface area contributed by atoms with Gasteiger partial charge in [-0.25, -0.2) is 0 Å². The van der Waals surface area contributed by atoms with Crippen molar-refractivity contribution in [3.63, 3.8) is 0 Å². The average Bonchev–Trinajstić information content (AvgIpc) is 2.44. The molecule has 0 bridgehead atoms. The molecule has 3 nitrogen and oxygen atoms in total. The van der Waals surface area contributed by atoms with Crippen molar-refractivity contribution in [1.82, 2.24) is 0 Å². The molecule has 3 atom stereocenters. The molecule has 3 heteroatoms. The number of aliphatic hydroxyl groups excluding tert-OH is 2. The van der Waals surface area contributed by atoms with E-state index in [9.17, 15) is 10.2 Å². The van der Waals surface area contributed by atoms with Gasteiger partial charge in [0.2, 0.25) is 0 Å². The number of aliphatic hydroxyl groups is 2. The lowest BCUT2D eigenvalue weighted by molar-refractivity contribution is 0.00941. The van der Waals surface area contributed by atoms with Crippen molar-refractivity contribution >= 4 is 0 Å². The predicted octanol–water partition coefficient (Wildman–Crippen LogP) is 3.72. The topological polar surface area (TPSA) is 49.7 Å². The summed E-state index contributed by atoms with van der Waals surface area (Å²) in [7, 11) is 0. The Kier molecular flexibility index (Phi) is 7.20. The molecule has 0 spiro atoms. The first-order valence-corrected chi connectivity index (χ1v) is 8.00. The van der Waals surface area contributed by atoms with Crippen LogP contribution >= 0.6 is 0 Å². The molecule has 0 fully saturated rings. The van der Waals surface area contributed by atoms with Gasteiger partial charge in [-0.15, -0.1) is 0 Å². The van der Waals surface area contributed by atoms with Gasteiger partial charge in [0.25, 0.3) is 0 Å². The van der Waals surface area contributed by atoms with E-state index in [0.29, 0.717) is 19.4 Å². The third-order valence-corrected chi connectivity index (χ3v) is 3.89. The van der Waals surface area contributed by atoms with Crippen molar-refractivity contribution in [2.24, 2.45) is 0 Å². The summed E-state index contributed by atoms with van der Waals surface area (Å²) in [5, 5.41) is 19.8. The second-order valence-electron chi connectivity index (χ2n) is 6.03. The molecular formula is C18H30O3. The number of ether oxygens (including phenoxy) is 1. The van der Waals surface area contributed by atoms with Crippen molar-refractivity contribution in [3.05, 3.63) is 28.8 Å². The normalized spacial score (nSPS) is 15.6. The SMILES string of the molecule is CCCOc1c(C)cc(C)cc1C(C)CC(O)C(O)CC. The molecule has 120 valence electrons. The predicted molar refractivity (Wildman–Crippen MR) is 87.0 cm³/mol. The maximum Gasteiger partial charge on any atom is 0.125 e. The lowest BCUT2D eigenvalue weighted by Gasteiger charge is -2.23. The number of rotatable bonds is 8. The van der Waals surface area contributed by atoms with Crippen molar-refractivity contribution in [2.45, 2.75) is 72.0 Å². The molecule has 1 aromatic carbocycles. The van der Waals surface area contributed by atoms with Crippen LogP contribution in [0.25, 0.3) is 0 Å². The van der Waals surface area contributed by atoms with Crippen molar-refractivity contribution in [2.75, 3.05) is 6.61 Å². The Balaban J connectivity index is 2.98. The van der Waals surface area contributed by atoms with Crippen LogP contribution in [0.1, 0.15) is 62.6 Å². The third-order valence-electron chi connectivity index (χ3n) is 3.89. The van der Waals surface area contributed by atoms with Gasteiger partial charge in [0.15, 0.2) is 0 Å². The van der Waals surface area contributed by atoms with Crippen LogP contribution in [0, 0.1) is 13.8 Å². The standard InChI is InChI=1S/C18H30O3/c1-6-8-21-18-14(5)9-12(3)10-15(18)13(4)11-17(20)16(19)7-2/h9-10,13,16-17,19-20H,6-8,11H2,1-5H3. The van der Waals surface area contributed by atoms with E-state index in [4.69, 9.17) is 4.74 Å². The highest BCUT2D eigenvalue weighted by Crippen LogP contribution is 2.34. The third kappa shape index (κ3) is 5.01. The van der Waals surface area contributed by atoms with E-state index < -0.39 is 12.2 Å². The summed E-state index contributed by atoms with van der Waals surface area (Å²) in [6, 6.07) is 4.26. The Hall–Kier alpha value is -1.06. The Bertz CT molecular complexity index is 442. The zero-order valence-electron chi connectivity index (χ0n) is 14.0. The highest BCUT2D eigenvalue weighted by molar-refractivity contribution is 5.45. The smallest absolute Gasteiger partial charge is 0.125 e.